The number of nitrogens with one attached hydrogen (secondary N) is 1. The van der Waals surface area contributed by atoms with Crippen LogP contribution in [-0.2, 0) is 4.79 Å². The number of carbonyl (C=O) groups excluding carboxylic acids is 1. The summed E-state index contributed by atoms with van der Waals surface area (Å²) >= 11 is 0. The van der Waals surface area contributed by atoms with Crippen LogP contribution in [0.2, 0.25) is 0 Å². The third kappa shape index (κ3) is 2.76. The van der Waals surface area contributed by atoms with Crippen molar-refractivity contribution in [1.29, 1.82) is 0 Å². The highest BCUT2D eigenvalue weighted by atomic mass is 16.2. The lowest BCUT2D eigenvalue weighted by Gasteiger charge is -2.37. The molecular formula is C13H24N2O. The molecule has 0 spiro atoms. The first-order valence-electron chi connectivity index (χ1n) is 6.83. The molecule has 1 aliphatic heterocycles. The van der Waals surface area contributed by atoms with Crippen LogP contribution in [-0.4, -0.2) is 36.5 Å². The van der Waals surface area contributed by atoms with E-state index in [4.69, 9.17) is 0 Å². The zero-order valence-corrected chi connectivity index (χ0v) is 10.4. The van der Waals surface area contributed by atoms with Gasteiger partial charge in [-0.25, -0.2) is 0 Å². The van der Waals surface area contributed by atoms with E-state index >= 15 is 0 Å². The van der Waals surface area contributed by atoms with Gasteiger partial charge in [-0.05, 0) is 44.6 Å². The molecule has 16 heavy (non-hydrogen) atoms. The molecule has 0 bridgehead atoms. The minimum Gasteiger partial charge on any atom is -0.341 e. The van der Waals surface area contributed by atoms with Crippen LogP contribution in [0, 0.1) is 5.92 Å². The maximum atomic E-state index is 12.2. The lowest BCUT2D eigenvalue weighted by Crippen LogP contribution is -2.52. The molecule has 3 heteroatoms. The molecule has 2 fully saturated rings. The van der Waals surface area contributed by atoms with Crippen molar-refractivity contribution in [3.63, 3.8) is 0 Å². The second-order valence-corrected chi connectivity index (χ2v) is 5.23. The van der Waals surface area contributed by atoms with Crippen molar-refractivity contribution in [2.45, 2.75) is 51.5 Å². The van der Waals surface area contributed by atoms with Gasteiger partial charge in [0, 0.05) is 13.1 Å². The molecule has 0 aromatic carbocycles. The molecule has 3 nitrogen and oxygen atoms in total. The fourth-order valence-corrected chi connectivity index (χ4v) is 2.62. The molecule has 92 valence electrons. The van der Waals surface area contributed by atoms with E-state index < -0.39 is 0 Å². The number of carbonyl (C=O) groups is 1. The van der Waals surface area contributed by atoms with Crippen LogP contribution in [0.4, 0.5) is 0 Å². The van der Waals surface area contributed by atoms with Crippen molar-refractivity contribution in [3.8, 4) is 0 Å². The molecule has 2 aliphatic rings. The second-order valence-electron chi connectivity index (χ2n) is 5.23. The van der Waals surface area contributed by atoms with Gasteiger partial charge in [-0.1, -0.05) is 13.3 Å². The fourth-order valence-electron chi connectivity index (χ4n) is 2.62. The lowest BCUT2D eigenvalue weighted by molar-refractivity contribution is -0.137. The first-order chi connectivity index (χ1) is 7.81. The number of rotatable bonds is 5. The molecule has 0 aromatic heterocycles. The van der Waals surface area contributed by atoms with E-state index in [1.165, 1.54) is 25.7 Å². The zero-order valence-electron chi connectivity index (χ0n) is 10.4. The maximum absolute atomic E-state index is 12.2. The van der Waals surface area contributed by atoms with Gasteiger partial charge in [-0.15, -0.1) is 0 Å². The predicted molar refractivity (Wildman–Crippen MR) is 65.2 cm³/mol. The molecule has 0 radical (unpaired) electrons. The Morgan fingerprint density at radius 1 is 1.31 bits per heavy atom. The van der Waals surface area contributed by atoms with Crippen LogP contribution in [0.15, 0.2) is 0 Å². The topological polar surface area (TPSA) is 32.3 Å². The van der Waals surface area contributed by atoms with Crippen molar-refractivity contribution in [1.82, 2.24) is 10.2 Å². The van der Waals surface area contributed by atoms with Gasteiger partial charge >= 0.3 is 0 Å². The van der Waals surface area contributed by atoms with Crippen LogP contribution in [0.5, 0.6) is 0 Å². The Morgan fingerprint density at radius 2 is 2.12 bits per heavy atom. The van der Waals surface area contributed by atoms with Crippen LogP contribution in [0.25, 0.3) is 0 Å². The molecule has 1 atom stereocenters. The van der Waals surface area contributed by atoms with E-state index in [1.54, 1.807) is 0 Å². The summed E-state index contributed by atoms with van der Waals surface area (Å²) in [6.45, 7) is 5.11. The van der Waals surface area contributed by atoms with Crippen molar-refractivity contribution in [2.24, 2.45) is 5.92 Å². The van der Waals surface area contributed by atoms with E-state index in [0.717, 1.165) is 38.4 Å². The highest BCUT2D eigenvalue weighted by molar-refractivity contribution is 5.82. The van der Waals surface area contributed by atoms with Crippen molar-refractivity contribution in [3.05, 3.63) is 0 Å². The summed E-state index contributed by atoms with van der Waals surface area (Å²) in [6.07, 6.45) is 7.32. The van der Waals surface area contributed by atoms with Gasteiger partial charge < -0.3 is 10.2 Å². The highest BCUT2D eigenvalue weighted by Gasteiger charge is 2.30. The number of likely N-dealkylation sites (tertiary alicyclic amines) is 1. The van der Waals surface area contributed by atoms with Crippen LogP contribution in [0.1, 0.15) is 45.4 Å². The summed E-state index contributed by atoms with van der Waals surface area (Å²) in [5, 5.41) is 3.37. The fraction of sp³-hybridized carbons (Fsp3) is 0.923. The van der Waals surface area contributed by atoms with E-state index in [-0.39, 0.29) is 6.04 Å². The van der Waals surface area contributed by atoms with Crippen molar-refractivity contribution in [2.75, 3.05) is 19.6 Å². The Kier molecular flexibility index (Phi) is 4.22. The number of amides is 1. The largest absolute Gasteiger partial charge is 0.341 e. The Hall–Kier alpha value is -0.570. The lowest BCUT2D eigenvalue weighted by atomic mass is 9.84. The van der Waals surface area contributed by atoms with Gasteiger partial charge in [-0.3, -0.25) is 4.79 Å². The van der Waals surface area contributed by atoms with Gasteiger partial charge in [0.2, 0.25) is 5.91 Å². The molecule has 2 rings (SSSR count). The third-order valence-corrected chi connectivity index (χ3v) is 3.87. The zero-order chi connectivity index (χ0) is 11.4. The summed E-state index contributed by atoms with van der Waals surface area (Å²) in [6, 6.07) is 0.105. The van der Waals surface area contributed by atoms with Gasteiger partial charge in [-0.2, -0.15) is 0 Å². The third-order valence-electron chi connectivity index (χ3n) is 3.87. The molecule has 1 unspecified atom stereocenters. The minimum absolute atomic E-state index is 0.105. The predicted octanol–water partition coefficient (Wildman–Crippen LogP) is 1.78. The quantitative estimate of drug-likeness (QED) is 0.772. The molecular weight excluding hydrogens is 200 g/mol. The van der Waals surface area contributed by atoms with Crippen LogP contribution in [0.3, 0.4) is 0 Å². The normalized spacial score (nSPS) is 26.9. The van der Waals surface area contributed by atoms with E-state index in [9.17, 15) is 4.79 Å². The highest BCUT2D eigenvalue weighted by Crippen LogP contribution is 2.28. The summed E-state index contributed by atoms with van der Waals surface area (Å²) in [7, 11) is 0. The Morgan fingerprint density at radius 3 is 2.75 bits per heavy atom. The number of nitrogens with zero attached hydrogens (tertiary/aromatic N) is 1. The van der Waals surface area contributed by atoms with Crippen LogP contribution >= 0.6 is 0 Å². The number of piperidine rings is 1. The van der Waals surface area contributed by atoms with Gasteiger partial charge in [0.25, 0.3) is 0 Å². The SMILES string of the molecule is CCCNC1CCCN(CC2CCC2)C1=O. The summed E-state index contributed by atoms with van der Waals surface area (Å²) in [5.74, 6) is 1.15. The smallest absolute Gasteiger partial charge is 0.239 e. The molecule has 1 N–H and O–H groups in total. The first kappa shape index (κ1) is 11.9. The Bertz CT molecular complexity index is 238. The van der Waals surface area contributed by atoms with Crippen molar-refractivity contribution < 1.29 is 4.79 Å². The van der Waals surface area contributed by atoms with Gasteiger partial charge in [0.1, 0.15) is 0 Å². The number of hydrogen-bond donors (Lipinski definition) is 1. The maximum Gasteiger partial charge on any atom is 0.239 e. The molecule has 1 saturated carbocycles. The number of hydrogen-bond acceptors (Lipinski definition) is 2. The van der Waals surface area contributed by atoms with E-state index in [1.807, 2.05) is 0 Å². The van der Waals surface area contributed by atoms with Crippen LogP contribution < -0.4 is 5.32 Å². The summed E-state index contributed by atoms with van der Waals surface area (Å²) in [5.41, 5.74) is 0. The van der Waals surface area contributed by atoms with Gasteiger partial charge in [0.15, 0.2) is 0 Å². The monoisotopic (exact) mass is 224 g/mol. The standard InChI is InChI=1S/C13H24N2O/c1-2-8-14-12-7-4-9-15(13(12)16)10-11-5-3-6-11/h11-12,14H,2-10H2,1H3. The average Bonchev–Trinajstić information content (AvgIpc) is 2.23. The first-order valence-corrected chi connectivity index (χ1v) is 6.83. The van der Waals surface area contributed by atoms with E-state index in [0.29, 0.717) is 5.91 Å². The molecule has 0 aromatic rings. The average molecular weight is 224 g/mol. The van der Waals surface area contributed by atoms with E-state index in [2.05, 4.69) is 17.1 Å². The molecule has 1 aliphatic carbocycles. The van der Waals surface area contributed by atoms with Gasteiger partial charge in [0.05, 0.1) is 6.04 Å². The molecule has 1 heterocycles. The minimum atomic E-state index is 0.105. The Labute approximate surface area is 98.6 Å². The summed E-state index contributed by atoms with van der Waals surface area (Å²) < 4.78 is 0. The van der Waals surface area contributed by atoms with Crippen molar-refractivity contribution >= 4 is 5.91 Å². The second kappa shape index (κ2) is 5.67. The Balaban J connectivity index is 1.80. The molecule has 1 saturated heterocycles. The molecule has 1 amide bonds. The summed E-state index contributed by atoms with van der Waals surface area (Å²) in [4.78, 5) is 14.3.